The van der Waals surface area contributed by atoms with Crippen LogP contribution in [0.4, 0.5) is 5.69 Å². The second-order valence-electron chi connectivity index (χ2n) is 5.34. The fourth-order valence-corrected chi connectivity index (χ4v) is 2.63. The summed E-state index contributed by atoms with van der Waals surface area (Å²) in [6, 6.07) is 16.5. The van der Waals surface area contributed by atoms with Gasteiger partial charge in [-0.05, 0) is 43.3 Å². The third-order valence-corrected chi connectivity index (χ3v) is 3.95. The Kier molecular flexibility index (Phi) is 4.37. The number of carbonyl (C=O) groups excluding carboxylic acids is 1. The summed E-state index contributed by atoms with van der Waals surface area (Å²) in [5.41, 5.74) is 3.34. The molecule has 0 radical (unpaired) electrons. The van der Waals surface area contributed by atoms with E-state index >= 15 is 0 Å². The topological polar surface area (TPSA) is 68.7 Å². The first-order valence-electron chi connectivity index (χ1n) is 7.34. The van der Waals surface area contributed by atoms with E-state index in [4.69, 9.17) is 11.6 Å². The molecule has 1 heterocycles. The van der Waals surface area contributed by atoms with E-state index in [2.05, 4.69) is 10.3 Å². The number of aromatic amines is 1. The van der Waals surface area contributed by atoms with Crippen molar-refractivity contribution in [1.82, 2.24) is 4.98 Å². The van der Waals surface area contributed by atoms with Crippen molar-refractivity contribution >= 4 is 40.2 Å². The Morgan fingerprint density at radius 1 is 1.21 bits per heavy atom. The molecule has 0 bridgehead atoms. The Morgan fingerprint density at radius 3 is 2.62 bits per heavy atom. The second kappa shape index (κ2) is 6.61. The summed E-state index contributed by atoms with van der Waals surface area (Å²) in [7, 11) is 0. The highest BCUT2D eigenvalue weighted by molar-refractivity contribution is 6.30. The summed E-state index contributed by atoms with van der Waals surface area (Å²) in [5.74, 6) is -0.454. The Bertz CT molecular complexity index is 978. The molecule has 2 N–H and O–H groups in total. The number of hydrogen-bond donors (Lipinski definition) is 2. The van der Waals surface area contributed by atoms with Gasteiger partial charge in [-0.2, -0.15) is 5.26 Å². The van der Waals surface area contributed by atoms with E-state index in [9.17, 15) is 10.1 Å². The molecule has 3 rings (SSSR count). The number of nitrogens with zero attached hydrogens (tertiary/aromatic N) is 1. The molecule has 2 aromatic carbocycles. The molecular formula is C19H14ClN3O. The van der Waals surface area contributed by atoms with Gasteiger partial charge in [0, 0.05) is 32.9 Å². The van der Waals surface area contributed by atoms with E-state index in [1.165, 1.54) is 0 Å². The molecule has 5 heteroatoms. The van der Waals surface area contributed by atoms with Gasteiger partial charge in [0.15, 0.2) is 0 Å². The molecule has 24 heavy (non-hydrogen) atoms. The fraction of sp³-hybridized carbons (Fsp3) is 0.0526. The summed E-state index contributed by atoms with van der Waals surface area (Å²) in [6.07, 6.45) is 1.61. The van der Waals surface area contributed by atoms with E-state index in [0.29, 0.717) is 10.7 Å². The zero-order valence-corrected chi connectivity index (χ0v) is 13.7. The first kappa shape index (κ1) is 15.9. The molecule has 0 aliphatic heterocycles. The number of anilines is 1. The van der Waals surface area contributed by atoms with Crippen LogP contribution in [0.15, 0.2) is 54.1 Å². The molecule has 4 nitrogen and oxygen atoms in total. The summed E-state index contributed by atoms with van der Waals surface area (Å²) in [6.45, 7) is 1.91. The Hall–Kier alpha value is -3.03. The average Bonchev–Trinajstić information content (AvgIpc) is 2.90. The van der Waals surface area contributed by atoms with Gasteiger partial charge in [-0.3, -0.25) is 4.79 Å². The predicted octanol–water partition coefficient (Wildman–Crippen LogP) is 4.68. The molecular weight excluding hydrogens is 322 g/mol. The minimum Gasteiger partial charge on any atom is -0.358 e. The number of aromatic nitrogens is 1. The smallest absolute Gasteiger partial charge is 0.266 e. The molecule has 0 aliphatic carbocycles. The van der Waals surface area contributed by atoms with Crippen LogP contribution >= 0.6 is 11.6 Å². The number of amides is 1. The van der Waals surface area contributed by atoms with Crippen molar-refractivity contribution in [2.24, 2.45) is 0 Å². The van der Waals surface area contributed by atoms with Crippen molar-refractivity contribution in [3.63, 3.8) is 0 Å². The van der Waals surface area contributed by atoms with Crippen molar-refractivity contribution in [2.45, 2.75) is 6.92 Å². The summed E-state index contributed by atoms with van der Waals surface area (Å²) < 4.78 is 0. The van der Waals surface area contributed by atoms with Crippen molar-refractivity contribution in [3.8, 4) is 6.07 Å². The number of fused-ring (bicyclic) bond motifs is 1. The maximum Gasteiger partial charge on any atom is 0.266 e. The maximum atomic E-state index is 12.4. The van der Waals surface area contributed by atoms with E-state index in [0.717, 1.165) is 22.2 Å². The van der Waals surface area contributed by atoms with Crippen molar-refractivity contribution in [1.29, 1.82) is 5.26 Å². The largest absolute Gasteiger partial charge is 0.358 e. The number of nitrogens with one attached hydrogen (secondary N) is 2. The predicted molar refractivity (Wildman–Crippen MR) is 96.7 cm³/mol. The lowest BCUT2D eigenvalue weighted by atomic mass is 10.1. The van der Waals surface area contributed by atoms with Crippen LogP contribution in [0.3, 0.4) is 0 Å². The minimum atomic E-state index is -0.454. The van der Waals surface area contributed by atoms with Crippen LogP contribution in [0, 0.1) is 18.3 Å². The van der Waals surface area contributed by atoms with Gasteiger partial charge < -0.3 is 10.3 Å². The molecule has 1 amide bonds. The van der Waals surface area contributed by atoms with E-state index < -0.39 is 5.91 Å². The van der Waals surface area contributed by atoms with E-state index in [1.54, 1.807) is 30.3 Å². The monoisotopic (exact) mass is 335 g/mol. The van der Waals surface area contributed by atoms with Gasteiger partial charge in [0.2, 0.25) is 0 Å². The lowest BCUT2D eigenvalue weighted by Crippen LogP contribution is -2.13. The van der Waals surface area contributed by atoms with Gasteiger partial charge in [-0.25, -0.2) is 0 Å². The van der Waals surface area contributed by atoms with Crippen molar-refractivity contribution in [3.05, 3.63) is 70.4 Å². The zero-order valence-electron chi connectivity index (χ0n) is 12.9. The normalized spacial score (nSPS) is 11.3. The van der Waals surface area contributed by atoms with Crippen LogP contribution in [0.25, 0.3) is 17.0 Å². The lowest BCUT2D eigenvalue weighted by molar-refractivity contribution is -0.112. The van der Waals surface area contributed by atoms with Crippen LogP contribution in [0.1, 0.15) is 11.3 Å². The minimum absolute atomic E-state index is 0.0396. The van der Waals surface area contributed by atoms with Crippen LogP contribution < -0.4 is 5.32 Å². The molecule has 0 aliphatic rings. The number of halogens is 1. The molecule has 3 aromatic rings. The second-order valence-corrected chi connectivity index (χ2v) is 5.78. The Labute approximate surface area is 144 Å². The van der Waals surface area contributed by atoms with Crippen molar-refractivity contribution < 1.29 is 4.79 Å². The fourth-order valence-electron chi connectivity index (χ4n) is 2.51. The molecule has 0 saturated carbocycles. The molecule has 1 aromatic heterocycles. The number of carbonyl (C=O) groups is 1. The summed E-state index contributed by atoms with van der Waals surface area (Å²) >= 11 is 5.83. The standard InChI is InChI=1S/C19H14ClN3O/c1-12-17(16-4-2-3-5-18(16)22-12)10-13(11-21)19(24)23-15-8-6-14(20)7-9-15/h2-10,22H,1H3,(H,23,24)/b13-10-. The Balaban J connectivity index is 1.94. The first-order valence-corrected chi connectivity index (χ1v) is 7.72. The van der Waals surface area contributed by atoms with Crippen LogP contribution in [0.2, 0.25) is 5.02 Å². The van der Waals surface area contributed by atoms with Gasteiger partial charge in [0.1, 0.15) is 11.6 Å². The van der Waals surface area contributed by atoms with Crippen molar-refractivity contribution in [2.75, 3.05) is 5.32 Å². The number of rotatable bonds is 3. The average molecular weight is 336 g/mol. The molecule has 0 spiro atoms. The van der Waals surface area contributed by atoms with Crippen LogP contribution in [-0.2, 0) is 4.79 Å². The van der Waals surface area contributed by atoms with Gasteiger partial charge >= 0.3 is 0 Å². The van der Waals surface area contributed by atoms with Gasteiger partial charge in [-0.1, -0.05) is 29.8 Å². The molecule has 0 unspecified atom stereocenters. The Morgan fingerprint density at radius 2 is 1.92 bits per heavy atom. The number of hydrogen-bond acceptors (Lipinski definition) is 2. The van der Waals surface area contributed by atoms with Gasteiger partial charge in [0.05, 0.1) is 0 Å². The molecule has 118 valence electrons. The number of benzene rings is 2. The number of nitriles is 1. The highest BCUT2D eigenvalue weighted by atomic mass is 35.5. The quantitative estimate of drug-likeness (QED) is 0.539. The molecule has 0 atom stereocenters. The number of aryl methyl sites for hydroxylation is 1. The number of para-hydroxylation sites is 1. The summed E-state index contributed by atoms with van der Waals surface area (Å²) in [5, 5.41) is 13.6. The van der Waals surface area contributed by atoms with Gasteiger partial charge in [-0.15, -0.1) is 0 Å². The van der Waals surface area contributed by atoms with Crippen LogP contribution in [-0.4, -0.2) is 10.9 Å². The third kappa shape index (κ3) is 3.17. The zero-order chi connectivity index (χ0) is 17.1. The van der Waals surface area contributed by atoms with E-state index in [-0.39, 0.29) is 5.57 Å². The molecule has 0 saturated heterocycles. The van der Waals surface area contributed by atoms with Crippen LogP contribution in [0.5, 0.6) is 0 Å². The first-order chi connectivity index (χ1) is 11.6. The number of H-pyrrole nitrogens is 1. The van der Waals surface area contributed by atoms with E-state index in [1.807, 2.05) is 37.3 Å². The third-order valence-electron chi connectivity index (χ3n) is 3.70. The maximum absolute atomic E-state index is 12.4. The summed E-state index contributed by atoms with van der Waals surface area (Å²) in [4.78, 5) is 15.6. The van der Waals surface area contributed by atoms with Gasteiger partial charge in [0.25, 0.3) is 5.91 Å². The molecule has 0 fully saturated rings. The SMILES string of the molecule is Cc1[nH]c2ccccc2c1/C=C(/C#N)C(=O)Nc1ccc(Cl)cc1. The highest BCUT2D eigenvalue weighted by Gasteiger charge is 2.13. The lowest BCUT2D eigenvalue weighted by Gasteiger charge is -2.04. The highest BCUT2D eigenvalue weighted by Crippen LogP contribution is 2.24.